The minimum Gasteiger partial charge on any atom is -0.394 e. The second-order valence-corrected chi connectivity index (χ2v) is 1.95. The van der Waals surface area contributed by atoms with Crippen LogP contribution in [0.4, 0.5) is 0 Å². The van der Waals surface area contributed by atoms with Crippen LogP contribution in [0.25, 0.3) is 0 Å². The Morgan fingerprint density at radius 1 is 1.45 bits per heavy atom. The van der Waals surface area contributed by atoms with Crippen LogP contribution in [0.3, 0.4) is 0 Å². The van der Waals surface area contributed by atoms with Crippen LogP contribution in [0.5, 0.6) is 0 Å². The number of halogens is 1. The third-order valence-corrected chi connectivity index (χ3v) is 1.13. The highest BCUT2D eigenvalue weighted by atomic mass is 35.5. The first-order valence-corrected chi connectivity index (χ1v) is 2.81. The normalized spacial score (nSPS) is 17.8. The topological polar surface area (TPSA) is 104 Å². The molecule has 0 spiro atoms. The number of aliphatic hydroxyl groups excluding tert-OH is 3. The van der Waals surface area contributed by atoms with E-state index in [9.17, 15) is 4.79 Å². The van der Waals surface area contributed by atoms with Gasteiger partial charge < -0.3 is 25.8 Å². The first-order chi connectivity index (χ1) is 4.63. The molecule has 0 saturated carbocycles. The van der Waals surface area contributed by atoms with E-state index in [1.807, 2.05) is 0 Å². The van der Waals surface area contributed by atoms with Crippen LogP contribution >= 0.6 is 12.4 Å². The lowest BCUT2D eigenvalue weighted by atomic mass is 10.1. The number of carbonyl (C=O) groups is 1. The van der Waals surface area contributed by atoms with Gasteiger partial charge in [0.1, 0.15) is 18.5 Å². The molecule has 0 aliphatic rings. The van der Waals surface area contributed by atoms with Crippen molar-refractivity contribution in [3.63, 3.8) is 0 Å². The molecule has 0 fully saturated rings. The molecule has 0 aliphatic heterocycles. The largest absolute Gasteiger partial charge is 0.394 e. The number of nitrogens with two attached hydrogens (primary N) is 1. The first-order valence-electron chi connectivity index (χ1n) is 2.81. The van der Waals surface area contributed by atoms with Crippen molar-refractivity contribution in [2.45, 2.75) is 18.2 Å². The smallest absolute Gasteiger partial charge is 0.139 e. The first kappa shape index (κ1) is 13.4. The zero-order valence-electron chi connectivity index (χ0n) is 5.75. The Hall–Kier alpha value is -0.200. The van der Waals surface area contributed by atoms with Gasteiger partial charge in [-0.1, -0.05) is 0 Å². The summed E-state index contributed by atoms with van der Waals surface area (Å²) in [6.07, 6.45) is -2.42. The SMILES string of the molecule is Cl.N[C@@H](C=O)[C@H](O)[C@H](O)CO. The molecule has 0 amide bonds. The summed E-state index contributed by atoms with van der Waals surface area (Å²) in [5, 5.41) is 25.8. The molecule has 5 N–H and O–H groups in total. The van der Waals surface area contributed by atoms with Gasteiger partial charge in [0, 0.05) is 0 Å². The van der Waals surface area contributed by atoms with E-state index >= 15 is 0 Å². The van der Waals surface area contributed by atoms with Crippen molar-refractivity contribution < 1.29 is 20.1 Å². The molecule has 0 aromatic heterocycles. The lowest BCUT2D eigenvalue weighted by Gasteiger charge is -2.17. The molecule has 0 aromatic rings. The van der Waals surface area contributed by atoms with Gasteiger partial charge >= 0.3 is 0 Å². The van der Waals surface area contributed by atoms with Crippen LogP contribution in [-0.2, 0) is 4.79 Å². The molecular weight excluding hydrogens is 174 g/mol. The predicted octanol–water partition coefficient (Wildman–Crippen LogP) is -2.35. The molecule has 0 radical (unpaired) electrons. The summed E-state index contributed by atoms with van der Waals surface area (Å²) in [5.74, 6) is 0. The number of aldehydes is 1. The number of hydrogen-bond donors (Lipinski definition) is 4. The van der Waals surface area contributed by atoms with E-state index < -0.39 is 24.9 Å². The van der Waals surface area contributed by atoms with Gasteiger partial charge in [0.15, 0.2) is 0 Å². The van der Waals surface area contributed by atoms with E-state index in [0.29, 0.717) is 6.29 Å². The summed E-state index contributed by atoms with van der Waals surface area (Å²) in [6.45, 7) is -0.608. The standard InChI is InChI=1S/C5H11NO4.ClH/c6-3(1-7)5(10)4(9)2-8;/h1,3-5,8-10H,2,6H2;1H/t3-,4+,5-;/m0./s1. The van der Waals surface area contributed by atoms with Crippen LogP contribution in [-0.4, -0.2) is 46.5 Å². The Kier molecular flexibility index (Phi) is 7.92. The molecule has 0 aromatic carbocycles. The zero-order chi connectivity index (χ0) is 8.15. The Morgan fingerprint density at radius 2 is 1.91 bits per heavy atom. The maximum Gasteiger partial charge on any atom is 0.139 e. The maximum atomic E-state index is 9.89. The minimum absolute atomic E-state index is 0. The third-order valence-electron chi connectivity index (χ3n) is 1.13. The van der Waals surface area contributed by atoms with E-state index in [4.69, 9.17) is 21.1 Å². The van der Waals surface area contributed by atoms with Crippen molar-refractivity contribution in [1.29, 1.82) is 0 Å². The monoisotopic (exact) mass is 185 g/mol. The second kappa shape index (κ2) is 6.51. The van der Waals surface area contributed by atoms with Crippen LogP contribution in [0.15, 0.2) is 0 Å². The van der Waals surface area contributed by atoms with E-state index in [0.717, 1.165) is 0 Å². The van der Waals surface area contributed by atoms with Crippen LogP contribution < -0.4 is 5.73 Å². The van der Waals surface area contributed by atoms with Gasteiger partial charge in [-0.25, -0.2) is 0 Å². The Bertz CT molecular complexity index is 113. The van der Waals surface area contributed by atoms with Gasteiger partial charge in [0.2, 0.25) is 0 Å². The molecule has 68 valence electrons. The molecule has 0 unspecified atom stereocenters. The highest BCUT2D eigenvalue weighted by Crippen LogP contribution is 1.94. The van der Waals surface area contributed by atoms with E-state index in [2.05, 4.69) is 0 Å². The predicted molar refractivity (Wildman–Crippen MR) is 40.4 cm³/mol. The quantitative estimate of drug-likeness (QED) is 0.367. The number of aliphatic hydroxyl groups is 3. The molecular formula is C5H12ClNO4. The van der Waals surface area contributed by atoms with E-state index in [1.54, 1.807) is 0 Å². The minimum atomic E-state index is -1.39. The molecule has 0 heterocycles. The number of carbonyl (C=O) groups excluding carboxylic acids is 1. The summed E-state index contributed by atoms with van der Waals surface area (Å²) < 4.78 is 0. The summed E-state index contributed by atoms with van der Waals surface area (Å²) in [4.78, 5) is 9.89. The molecule has 0 rings (SSSR count). The fraction of sp³-hybridized carbons (Fsp3) is 0.800. The second-order valence-electron chi connectivity index (χ2n) is 1.95. The fourth-order valence-corrected chi connectivity index (χ4v) is 0.445. The van der Waals surface area contributed by atoms with Crippen LogP contribution in [0, 0.1) is 0 Å². The molecule has 0 aliphatic carbocycles. The van der Waals surface area contributed by atoms with Crippen molar-refractivity contribution >= 4 is 18.7 Å². The summed E-state index contributed by atoms with van der Waals surface area (Å²) in [5.41, 5.74) is 5.00. The lowest BCUT2D eigenvalue weighted by Crippen LogP contribution is -2.45. The molecule has 0 saturated heterocycles. The van der Waals surface area contributed by atoms with E-state index in [-0.39, 0.29) is 12.4 Å². The van der Waals surface area contributed by atoms with Gasteiger partial charge in [0.25, 0.3) is 0 Å². The van der Waals surface area contributed by atoms with Crippen molar-refractivity contribution in [2.24, 2.45) is 5.73 Å². The summed E-state index contributed by atoms with van der Waals surface area (Å²) >= 11 is 0. The van der Waals surface area contributed by atoms with Gasteiger partial charge in [-0.2, -0.15) is 0 Å². The average molecular weight is 186 g/mol. The van der Waals surface area contributed by atoms with E-state index in [1.165, 1.54) is 0 Å². The van der Waals surface area contributed by atoms with Gasteiger partial charge in [0.05, 0.1) is 12.6 Å². The lowest BCUT2D eigenvalue weighted by molar-refractivity contribution is -0.114. The average Bonchev–Trinajstić information content (AvgIpc) is 2.00. The van der Waals surface area contributed by atoms with Gasteiger partial charge in [-0.3, -0.25) is 0 Å². The number of rotatable bonds is 4. The Morgan fingerprint density at radius 3 is 2.18 bits per heavy atom. The van der Waals surface area contributed by atoms with Gasteiger partial charge in [-0.15, -0.1) is 12.4 Å². The van der Waals surface area contributed by atoms with Crippen LogP contribution in [0.1, 0.15) is 0 Å². The molecule has 6 heteroatoms. The molecule has 3 atom stereocenters. The molecule has 11 heavy (non-hydrogen) atoms. The van der Waals surface area contributed by atoms with Crippen molar-refractivity contribution in [1.82, 2.24) is 0 Å². The highest BCUT2D eigenvalue weighted by molar-refractivity contribution is 5.85. The van der Waals surface area contributed by atoms with Crippen LogP contribution in [0.2, 0.25) is 0 Å². The Balaban J connectivity index is 0. The number of hydrogen-bond acceptors (Lipinski definition) is 5. The molecule has 5 nitrogen and oxygen atoms in total. The third kappa shape index (κ3) is 4.28. The molecule has 0 bridgehead atoms. The summed E-state index contributed by atoms with van der Waals surface area (Å²) in [7, 11) is 0. The van der Waals surface area contributed by atoms with Gasteiger partial charge in [-0.05, 0) is 0 Å². The zero-order valence-corrected chi connectivity index (χ0v) is 6.57. The van der Waals surface area contributed by atoms with Crippen molar-refractivity contribution in [2.75, 3.05) is 6.61 Å². The Labute approximate surface area is 70.2 Å². The van der Waals surface area contributed by atoms with Crippen molar-refractivity contribution in [3.8, 4) is 0 Å². The maximum absolute atomic E-state index is 9.89. The highest BCUT2D eigenvalue weighted by Gasteiger charge is 2.21. The summed E-state index contributed by atoms with van der Waals surface area (Å²) in [6, 6.07) is -1.14. The fourth-order valence-electron chi connectivity index (χ4n) is 0.445. The van der Waals surface area contributed by atoms with Crippen molar-refractivity contribution in [3.05, 3.63) is 0 Å².